The highest BCUT2D eigenvalue weighted by Crippen LogP contribution is 2.29. The van der Waals surface area contributed by atoms with Gasteiger partial charge in [-0.2, -0.15) is 0 Å². The third-order valence-corrected chi connectivity index (χ3v) is 2.75. The molecule has 0 atom stereocenters. The van der Waals surface area contributed by atoms with E-state index in [1.165, 1.54) is 7.11 Å². The fourth-order valence-electron chi connectivity index (χ4n) is 1.16. The normalized spacial score (nSPS) is 10.3. The molecule has 17 heavy (non-hydrogen) atoms. The number of hydrogen-bond acceptors (Lipinski definition) is 5. The Morgan fingerprint density at radius 1 is 1.47 bits per heavy atom. The lowest BCUT2D eigenvalue weighted by Crippen LogP contribution is -2.00. The van der Waals surface area contributed by atoms with Gasteiger partial charge in [-0.05, 0) is 18.2 Å². The van der Waals surface area contributed by atoms with Gasteiger partial charge in [0.15, 0.2) is 0 Å². The zero-order chi connectivity index (χ0) is 12.4. The Hall–Kier alpha value is -1.40. The highest BCUT2D eigenvalue weighted by molar-refractivity contribution is 9.10. The summed E-state index contributed by atoms with van der Waals surface area (Å²) in [4.78, 5) is 11.1. The molecule has 0 aliphatic rings. The van der Waals surface area contributed by atoms with Crippen LogP contribution in [0.25, 0.3) is 11.5 Å². The van der Waals surface area contributed by atoms with Crippen molar-refractivity contribution in [2.75, 3.05) is 7.11 Å². The van der Waals surface area contributed by atoms with Crippen molar-refractivity contribution in [3.05, 3.63) is 33.6 Å². The lowest BCUT2D eigenvalue weighted by atomic mass is 10.2. The predicted octanol–water partition coefficient (Wildman–Crippen LogP) is 2.94. The molecule has 0 saturated heterocycles. The van der Waals surface area contributed by atoms with Crippen molar-refractivity contribution in [3.8, 4) is 11.5 Å². The molecule has 0 spiro atoms. The number of esters is 1. The standard InChI is InChI=1S/C10H6BrClN2O3/c1-16-10(15)9-14-13-8(17-9)6-3-2-5(11)4-7(6)12/h2-4H,1H3. The van der Waals surface area contributed by atoms with Gasteiger partial charge in [0.25, 0.3) is 0 Å². The minimum Gasteiger partial charge on any atom is -0.462 e. The second-order valence-electron chi connectivity index (χ2n) is 3.03. The molecule has 2 aromatic rings. The third kappa shape index (κ3) is 2.48. The first-order valence-electron chi connectivity index (χ1n) is 4.49. The zero-order valence-corrected chi connectivity index (χ0v) is 10.9. The Kier molecular flexibility index (Phi) is 3.44. The van der Waals surface area contributed by atoms with Crippen LogP contribution >= 0.6 is 27.5 Å². The molecule has 0 amide bonds. The van der Waals surface area contributed by atoms with E-state index < -0.39 is 5.97 Å². The van der Waals surface area contributed by atoms with Crippen LogP contribution in [0.1, 0.15) is 10.7 Å². The molecule has 88 valence electrons. The fraction of sp³-hybridized carbons (Fsp3) is 0.100. The lowest BCUT2D eigenvalue weighted by Gasteiger charge is -1.98. The molecule has 1 aromatic carbocycles. The van der Waals surface area contributed by atoms with Gasteiger partial charge >= 0.3 is 11.9 Å². The van der Waals surface area contributed by atoms with Crippen LogP contribution in [0.2, 0.25) is 5.02 Å². The largest absolute Gasteiger partial charge is 0.462 e. The summed E-state index contributed by atoms with van der Waals surface area (Å²) in [5.74, 6) is -0.721. The Morgan fingerprint density at radius 2 is 2.24 bits per heavy atom. The summed E-state index contributed by atoms with van der Waals surface area (Å²) in [6.45, 7) is 0. The summed E-state index contributed by atoms with van der Waals surface area (Å²) in [6, 6.07) is 5.18. The quantitative estimate of drug-likeness (QED) is 0.797. The Labute approximate surface area is 110 Å². The predicted molar refractivity (Wildman–Crippen MR) is 63.8 cm³/mol. The number of aromatic nitrogens is 2. The van der Waals surface area contributed by atoms with Crippen molar-refractivity contribution in [2.45, 2.75) is 0 Å². The molecular formula is C10H6BrClN2O3. The highest BCUT2D eigenvalue weighted by Gasteiger charge is 2.17. The smallest absolute Gasteiger partial charge is 0.396 e. The van der Waals surface area contributed by atoms with E-state index in [0.717, 1.165) is 4.47 Å². The van der Waals surface area contributed by atoms with Gasteiger partial charge in [0.05, 0.1) is 17.7 Å². The maximum Gasteiger partial charge on any atom is 0.396 e. The molecule has 0 unspecified atom stereocenters. The van der Waals surface area contributed by atoms with Gasteiger partial charge in [-0.15, -0.1) is 10.2 Å². The first kappa shape index (κ1) is 12.1. The third-order valence-electron chi connectivity index (χ3n) is 1.95. The number of carbonyl (C=O) groups is 1. The first-order valence-corrected chi connectivity index (χ1v) is 5.66. The van der Waals surface area contributed by atoms with Crippen molar-refractivity contribution < 1.29 is 13.9 Å². The molecule has 1 heterocycles. The van der Waals surface area contributed by atoms with E-state index in [4.69, 9.17) is 16.0 Å². The van der Waals surface area contributed by atoms with Gasteiger partial charge in [0.1, 0.15) is 0 Å². The van der Waals surface area contributed by atoms with E-state index in [1.54, 1.807) is 18.2 Å². The van der Waals surface area contributed by atoms with Crippen LogP contribution in [0.5, 0.6) is 0 Å². The summed E-state index contributed by atoms with van der Waals surface area (Å²) >= 11 is 9.30. The average Bonchev–Trinajstić information content (AvgIpc) is 2.77. The molecule has 2 rings (SSSR count). The number of benzene rings is 1. The zero-order valence-electron chi connectivity index (χ0n) is 8.61. The van der Waals surface area contributed by atoms with Crippen molar-refractivity contribution in [3.63, 3.8) is 0 Å². The summed E-state index contributed by atoms with van der Waals surface area (Å²) in [5, 5.41) is 7.74. The van der Waals surface area contributed by atoms with E-state index in [9.17, 15) is 4.79 Å². The van der Waals surface area contributed by atoms with Gasteiger partial charge < -0.3 is 9.15 Å². The maximum absolute atomic E-state index is 11.1. The monoisotopic (exact) mass is 316 g/mol. The highest BCUT2D eigenvalue weighted by atomic mass is 79.9. The lowest BCUT2D eigenvalue weighted by molar-refractivity contribution is 0.0556. The topological polar surface area (TPSA) is 65.2 Å². The van der Waals surface area contributed by atoms with Gasteiger partial charge in [0, 0.05) is 4.47 Å². The van der Waals surface area contributed by atoms with Crippen LogP contribution in [0.15, 0.2) is 27.1 Å². The van der Waals surface area contributed by atoms with Gasteiger partial charge in [0.2, 0.25) is 5.89 Å². The Bertz CT molecular complexity index is 570. The molecule has 0 saturated carbocycles. The maximum atomic E-state index is 11.1. The molecule has 0 aliphatic carbocycles. The molecule has 0 aliphatic heterocycles. The van der Waals surface area contributed by atoms with Crippen LogP contribution in [-0.4, -0.2) is 23.3 Å². The molecule has 0 radical (unpaired) electrons. The minimum absolute atomic E-state index is 0.169. The molecule has 0 fully saturated rings. The van der Waals surface area contributed by atoms with Gasteiger partial charge in [-0.1, -0.05) is 27.5 Å². The number of ether oxygens (including phenoxy) is 1. The van der Waals surface area contributed by atoms with Crippen LogP contribution in [-0.2, 0) is 4.74 Å². The summed E-state index contributed by atoms with van der Waals surface area (Å²) < 4.78 is 10.4. The van der Waals surface area contributed by atoms with Crippen LogP contribution in [0.3, 0.4) is 0 Å². The molecule has 1 aromatic heterocycles. The second-order valence-corrected chi connectivity index (χ2v) is 4.35. The summed E-state index contributed by atoms with van der Waals surface area (Å²) in [6.07, 6.45) is 0. The number of halogens is 2. The van der Waals surface area contributed by atoms with Crippen molar-refractivity contribution in [2.24, 2.45) is 0 Å². The van der Waals surface area contributed by atoms with Crippen molar-refractivity contribution in [1.29, 1.82) is 0 Å². The molecule has 7 heteroatoms. The Morgan fingerprint density at radius 3 is 2.88 bits per heavy atom. The summed E-state index contributed by atoms with van der Waals surface area (Å²) in [7, 11) is 1.23. The molecule has 5 nitrogen and oxygen atoms in total. The molecule has 0 N–H and O–H groups in total. The SMILES string of the molecule is COC(=O)c1nnc(-c2ccc(Br)cc2Cl)o1. The molecule has 0 bridgehead atoms. The number of nitrogens with zero attached hydrogens (tertiary/aromatic N) is 2. The average molecular weight is 318 g/mol. The number of rotatable bonds is 2. The van der Waals surface area contributed by atoms with Crippen LogP contribution in [0, 0.1) is 0 Å². The van der Waals surface area contributed by atoms with Crippen LogP contribution in [0.4, 0.5) is 0 Å². The number of hydrogen-bond donors (Lipinski definition) is 0. The van der Waals surface area contributed by atoms with E-state index >= 15 is 0 Å². The second kappa shape index (κ2) is 4.85. The van der Waals surface area contributed by atoms with E-state index in [-0.39, 0.29) is 11.8 Å². The fourth-order valence-corrected chi connectivity index (χ4v) is 1.92. The van der Waals surface area contributed by atoms with E-state index in [2.05, 4.69) is 30.9 Å². The summed E-state index contributed by atoms with van der Waals surface area (Å²) in [5.41, 5.74) is 0.553. The molecular weight excluding hydrogens is 311 g/mol. The minimum atomic E-state index is -0.683. The van der Waals surface area contributed by atoms with Crippen molar-refractivity contribution >= 4 is 33.5 Å². The number of methoxy groups -OCH3 is 1. The van der Waals surface area contributed by atoms with Gasteiger partial charge in [-0.25, -0.2) is 4.79 Å². The van der Waals surface area contributed by atoms with E-state index in [0.29, 0.717) is 10.6 Å². The number of carbonyl (C=O) groups excluding carboxylic acids is 1. The Balaban J connectivity index is 2.40. The van der Waals surface area contributed by atoms with Gasteiger partial charge in [-0.3, -0.25) is 0 Å². The van der Waals surface area contributed by atoms with Crippen molar-refractivity contribution in [1.82, 2.24) is 10.2 Å². The van der Waals surface area contributed by atoms with Crippen LogP contribution < -0.4 is 0 Å². The first-order chi connectivity index (χ1) is 8.11. The van der Waals surface area contributed by atoms with E-state index in [1.807, 2.05) is 0 Å².